The number of alkyl carbamates (subject to hydrolysis) is 1. The van der Waals surface area contributed by atoms with Gasteiger partial charge in [0, 0.05) is 6.54 Å². The van der Waals surface area contributed by atoms with Crippen molar-refractivity contribution in [3.05, 3.63) is 0 Å². The van der Waals surface area contributed by atoms with E-state index in [1.807, 2.05) is 0 Å². The lowest BCUT2D eigenvalue weighted by atomic mass is 10.2. The highest BCUT2D eigenvalue weighted by molar-refractivity contribution is 5.67. The number of carbonyl (C=O) groups is 1. The Morgan fingerprint density at radius 1 is 1.54 bits per heavy atom. The highest BCUT2D eigenvalue weighted by Crippen LogP contribution is 2.06. The molecule has 0 fully saturated rings. The van der Waals surface area contributed by atoms with Gasteiger partial charge in [0.15, 0.2) is 0 Å². The molecule has 78 valence electrons. The van der Waals surface area contributed by atoms with Crippen LogP contribution in [0.15, 0.2) is 0 Å². The lowest BCUT2D eigenvalue weighted by Gasteiger charge is -2.20. The third-order valence-corrected chi connectivity index (χ3v) is 1.09. The Hall–Kier alpha value is -0.810. The molecule has 0 rings (SSSR count). The van der Waals surface area contributed by atoms with Crippen molar-refractivity contribution in [3.63, 3.8) is 0 Å². The third-order valence-electron chi connectivity index (χ3n) is 1.09. The fourth-order valence-corrected chi connectivity index (χ4v) is 0.580. The van der Waals surface area contributed by atoms with Crippen LogP contribution in [0.25, 0.3) is 0 Å². The summed E-state index contributed by atoms with van der Waals surface area (Å²) in [6, 6.07) is 0. The van der Waals surface area contributed by atoms with Gasteiger partial charge < -0.3 is 20.3 Å². The number of aliphatic hydroxyl groups is 2. The zero-order valence-electron chi connectivity index (χ0n) is 8.20. The molecule has 0 radical (unpaired) electrons. The van der Waals surface area contributed by atoms with Crippen molar-refractivity contribution in [1.82, 2.24) is 5.32 Å². The Bertz CT molecular complexity index is 164. The summed E-state index contributed by atoms with van der Waals surface area (Å²) in [7, 11) is 0. The highest BCUT2D eigenvalue weighted by Gasteiger charge is 2.16. The first-order valence-electron chi connectivity index (χ1n) is 4.11. The van der Waals surface area contributed by atoms with E-state index in [-0.39, 0.29) is 13.2 Å². The van der Waals surface area contributed by atoms with E-state index < -0.39 is 17.8 Å². The second-order valence-electron chi connectivity index (χ2n) is 3.72. The molecule has 0 aliphatic heterocycles. The fourth-order valence-electron chi connectivity index (χ4n) is 0.580. The van der Waals surface area contributed by atoms with Gasteiger partial charge in [0.05, 0.1) is 12.7 Å². The molecule has 0 saturated carbocycles. The molecule has 0 aromatic carbocycles. The quantitative estimate of drug-likeness (QED) is 0.580. The van der Waals surface area contributed by atoms with Crippen LogP contribution in [0.5, 0.6) is 0 Å². The Morgan fingerprint density at radius 2 is 2.08 bits per heavy atom. The lowest BCUT2D eigenvalue weighted by Crippen LogP contribution is -2.37. The van der Waals surface area contributed by atoms with Gasteiger partial charge >= 0.3 is 6.09 Å². The van der Waals surface area contributed by atoms with Crippen LogP contribution in [0.1, 0.15) is 20.8 Å². The van der Waals surface area contributed by atoms with E-state index in [0.717, 1.165) is 0 Å². The topological polar surface area (TPSA) is 78.8 Å². The van der Waals surface area contributed by atoms with Crippen molar-refractivity contribution in [2.75, 3.05) is 13.2 Å². The highest BCUT2D eigenvalue weighted by atomic mass is 16.6. The number of ether oxygens (including phenoxy) is 1. The van der Waals surface area contributed by atoms with E-state index in [1.165, 1.54) is 0 Å². The molecule has 0 unspecified atom stereocenters. The first kappa shape index (κ1) is 12.2. The average molecular weight is 191 g/mol. The summed E-state index contributed by atoms with van der Waals surface area (Å²) in [6.07, 6.45) is -1.53. The van der Waals surface area contributed by atoms with Crippen LogP contribution in [0.2, 0.25) is 0 Å². The van der Waals surface area contributed by atoms with Crippen molar-refractivity contribution in [2.24, 2.45) is 0 Å². The Kier molecular flexibility index (Phi) is 4.72. The van der Waals surface area contributed by atoms with Gasteiger partial charge in [0.1, 0.15) is 5.60 Å². The van der Waals surface area contributed by atoms with Gasteiger partial charge in [-0.05, 0) is 20.8 Å². The molecule has 0 spiro atoms. The van der Waals surface area contributed by atoms with E-state index in [1.54, 1.807) is 20.8 Å². The second kappa shape index (κ2) is 5.04. The molecule has 0 bridgehead atoms. The maximum Gasteiger partial charge on any atom is 0.407 e. The Labute approximate surface area is 77.7 Å². The molecule has 13 heavy (non-hydrogen) atoms. The first-order chi connectivity index (χ1) is 5.85. The SMILES string of the molecule is CC(C)(C)OC(=O)NC[C@H](O)CO. The van der Waals surface area contributed by atoms with Crippen molar-refractivity contribution < 1.29 is 19.7 Å². The zero-order valence-corrected chi connectivity index (χ0v) is 8.20. The molecule has 0 aliphatic carbocycles. The number of aliphatic hydroxyl groups excluding tert-OH is 2. The van der Waals surface area contributed by atoms with Gasteiger partial charge in [-0.15, -0.1) is 0 Å². The monoisotopic (exact) mass is 191 g/mol. The summed E-state index contributed by atoms with van der Waals surface area (Å²) in [5.74, 6) is 0. The number of hydrogen-bond acceptors (Lipinski definition) is 4. The molecule has 3 N–H and O–H groups in total. The standard InChI is InChI=1S/C8H17NO4/c1-8(2,3)13-7(12)9-4-6(11)5-10/h6,10-11H,4-5H2,1-3H3,(H,9,12)/t6-/m0/s1. The van der Waals surface area contributed by atoms with E-state index in [2.05, 4.69) is 5.32 Å². The molecule has 0 aromatic heterocycles. The number of rotatable bonds is 3. The van der Waals surface area contributed by atoms with Gasteiger partial charge in [-0.2, -0.15) is 0 Å². The fraction of sp³-hybridized carbons (Fsp3) is 0.875. The maximum absolute atomic E-state index is 11.0. The van der Waals surface area contributed by atoms with Crippen LogP contribution in [-0.4, -0.2) is 41.2 Å². The summed E-state index contributed by atoms with van der Waals surface area (Å²) in [5, 5.41) is 19.6. The second-order valence-corrected chi connectivity index (χ2v) is 3.72. The molecule has 0 heterocycles. The van der Waals surface area contributed by atoms with Crippen LogP contribution in [0, 0.1) is 0 Å². The largest absolute Gasteiger partial charge is 0.444 e. The molecule has 1 amide bonds. The van der Waals surface area contributed by atoms with Gasteiger partial charge in [-0.25, -0.2) is 4.79 Å². The molecule has 0 aliphatic rings. The predicted molar refractivity (Wildman–Crippen MR) is 47.3 cm³/mol. The maximum atomic E-state index is 11.0. The van der Waals surface area contributed by atoms with Crippen LogP contribution >= 0.6 is 0 Å². The van der Waals surface area contributed by atoms with Gasteiger partial charge in [0.25, 0.3) is 0 Å². The van der Waals surface area contributed by atoms with E-state index >= 15 is 0 Å². The smallest absolute Gasteiger partial charge is 0.407 e. The minimum atomic E-state index is -0.937. The summed E-state index contributed by atoms with van der Waals surface area (Å²) in [4.78, 5) is 11.0. The van der Waals surface area contributed by atoms with E-state index in [9.17, 15) is 4.79 Å². The van der Waals surface area contributed by atoms with Crippen LogP contribution in [-0.2, 0) is 4.74 Å². The molecule has 0 saturated heterocycles. The van der Waals surface area contributed by atoms with E-state index in [0.29, 0.717) is 0 Å². The number of carbonyl (C=O) groups excluding carboxylic acids is 1. The van der Waals surface area contributed by atoms with Crippen LogP contribution < -0.4 is 5.32 Å². The first-order valence-corrected chi connectivity index (χ1v) is 4.11. The summed E-state index contributed by atoms with van der Waals surface area (Å²) in [5.41, 5.74) is -0.547. The average Bonchev–Trinajstić information content (AvgIpc) is 1.97. The Balaban J connectivity index is 3.64. The summed E-state index contributed by atoms with van der Waals surface area (Å²) < 4.78 is 4.89. The minimum Gasteiger partial charge on any atom is -0.444 e. The summed E-state index contributed by atoms with van der Waals surface area (Å²) in [6.45, 7) is 4.85. The van der Waals surface area contributed by atoms with Crippen LogP contribution in [0.4, 0.5) is 4.79 Å². The minimum absolute atomic E-state index is 0.00852. The number of amides is 1. The number of nitrogens with one attached hydrogen (secondary N) is 1. The van der Waals surface area contributed by atoms with Crippen molar-refractivity contribution in [3.8, 4) is 0 Å². The normalized spacial score (nSPS) is 13.6. The van der Waals surface area contributed by atoms with Gasteiger partial charge in [0.2, 0.25) is 0 Å². The summed E-state index contributed by atoms with van der Waals surface area (Å²) >= 11 is 0. The van der Waals surface area contributed by atoms with Crippen LogP contribution in [0.3, 0.4) is 0 Å². The number of hydrogen-bond donors (Lipinski definition) is 3. The Morgan fingerprint density at radius 3 is 2.46 bits per heavy atom. The molecular formula is C8H17NO4. The van der Waals surface area contributed by atoms with Gasteiger partial charge in [-0.1, -0.05) is 0 Å². The van der Waals surface area contributed by atoms with Crippen molar-refractivity contribution in [2.45, 2.75) is 32.5 Å². The zero-order chi connectivity index (χ0) is 10.5. The molecule has 5 heteroatoms. The molecular weight excluding hydrogens is 174 g/mol. The van der Waals surface area contributed by atoms with Gasteiger partial charge in [-0.3, -0.25) is 0 Å². The van der Waals surface area contributed by atoms with Crippen molar-refractivity contribution >= 4 is 6.09 Å². The van der Waals surface area contributed by atoms with E-state index in [4.69, 9.17) is 14.9 Å². The molecule has 5 nitrogen and oxygen atoms in total. The molecule has 1 atom stereocenters. The lowest BCUT2D eigenvalue weighted by molar-refractivity contribution is 0.0451. The third kappa shape index (κ3) is 7.55. The molecule has 0 aromatic rings. The van der Waals surface area contributed by atoms with Crippen molar-refractivity contribution in [1.29, 1.82) is 0 Å². The predicted octanol–water partition coefficient (Wildman–Crippen LogP) is -0.136.